The number of carbonyl (C=O) groups excluding carboxylic acids is 3. The van der Waals surface area contributed by atoms with Crippen LogP contribution in [0.1, 0.15) is 65.9 Å². The molecule has 0 heterocycles. The molecule has 1 aromatic carbocycles. The Kier molecular flexibility index (Phi) is 7.31. The van der Waals surface area contributed by atoms with Gasteiger partial charge in [0.05, 0.1) is 11.8 Å². The fourth-order valence-corrected chi connectivity index (χ4v) is 5.37. The average Bonchev–Trinajstić information content (AvgIpc) is 3.10. The first-order valence-electron chi connectivity index (χ1n) is 11.6. The van der Waals surface area contributed by atoms with Crippen molar-refractivity contribution in [1.82, 2.24) is 0 Å². The van der Waals surface area contributed by atoms with Crippen LogP contribution in [0.3, 0.4) is 0 Å². The van der Waals surface area contributed by atoms with Crippen molar-refractivity contribution in [3.8, 4) is 0 Å². The Bertz CT molecular complexity index is 832. The van der Waals surface area contributed by atoms with Crippen molar-refractivity contribution in [2.24, 2.45) is 28.6 Å². The van der Waals surface area contributed by atoms with Gasteiger partial charge in [0, 0.05) is 5.41 Å². The van der Waals surface area contributed by atoms with Crippen molar-refractivity contribution in [3.05, 3.63) is 35.9 Å². The number of ether oxygens (including phenoxy) is 3. The molecule has 6 nitrogen and oxygen atoms in total. The van der Waals surface area contributed by atoms with Gasteiger partial charge >= 0.3 is 17.9 Å². The van der Waals surface area contributed by atoms with Crippen LogP contribution in [0.4, 0.5) is 0 Å². The minimum absolute atomic E-state index is 0.0276. The van der Waals surface area contributed by atoms with E-state index in [0.29, 0.717) is 5.92 Å². The lowest BCUT2D eigenvalue weighted by atomic mass is 9.70. The third-order valence-electron chi connectivity index (χ3n) is 8.06. The third-order valence-corrected chi connectivity index (χ3v) is 8.06. The predicted octanol–water partition coefficient (Wildman–Crippen LogP) is 4.69. The maximum absolute atomic E-state index is 12.3. The molecule has 0 N–H and O–H groups in total. The first kappa shape index (κ1) is 24.3. The van der Waals surface area contributed by atoms with Crippen LogP contribution in [0.25, 0.3) is 0 Å². The summed E-state index contributed by atoms with van der Waals surface area (Å²) >= 11 is 0. The summed E-state index contributed by atoms with van der Waals surface area (Å²) in [7, 11) is 0. The van der Waals surface area contributed by atoms with E-state index in [9.17, 15) is 14.4 Å². The molecule has 0 radical (unpaired) electrons. The molecule has 176 valence electrons. The maximum Gasteiger partial charge on any atom is 0.344 e. The molecule has 2 saturated carbocycles. The fourth-order valence-electron chi connectivity index (χ4n) is 5.37. The normalized spacial score (nSPS) is 27.4. The summed E-state index contributed by atoms with van der Waals surface area (Å²) in [5, 5.41) is 0. The summed E-state index contributed by atoms with van der Waals surface area (Å²) in [6.45, 7) is 9.93. The van der Waals surface area contributed by atoms with E-state index in [1.807, 2.05) is 30.3 Å². The Balaban J connectivity index is 1.39. The first-order valence-corrected chi connectivity index (χ1v) is 11.6. The lowest BCUT2D eigenvalue weighted by Gasteiger charge is -2.38. The molecular weight excluding hydrogens is 408 g/mol. The van der Waals surface area contributed by atoms with E-state index < -0.39 is 30.4 Å². The summed E-state index contributed by atoms with van der Waals surface area (Å²) in [5.41, 5.74) is 1.03. The van der Waals surface area contributed by atoms with Gasteiger partial charge in [0.15, 0.2) is 6.61 Å². The highest BCUT2D eigenvalue weighted by Gasteiger charge is 2.62. The van der Waals surface area contributed by atoms with Crippen molar-refractivity contribution in [2.75, 3.05) is 6.61 Å². The van der Waals surface area contributed by atoms with Crippen LogP contribution in [0.15, 0.2) is 30.3 Å². The zero-order valence-corrected chi connectivity index (χ0v) is 19.9. The molecule has 0 aliphatic heterocycles. The second-order valence-electron chi connectivity index (χ2n) is 10.3. The molecule has 5 atom stereocenters. The second kappa shape index (κ2) is 9.63. The Morgan fingerprint density at radius 2 is 1.62 bits per heavy atom. The van der Waals surface area contributed by atoms with Gasteiger partial charge in [-0.2, -0.15) is 0 Å². The van der Waals surface area contributed by atoms with E-state index in [1.165, 1.54) is 6.42 Å². The second-order valence-corrected chi connectivity index (χ2v) is 10.3. The van der Waals surface area contributed by atoms with Crippen molar-refractivity contribution in [3.63, 3.8) is 0 Å². The molecule has 0 spiro atoms. The average molecular weight is 445 g/mol. The van der Waals surface area contributed by atoms with E-state index >= 15 is 0 Å². The van der Waals surface area contributed by atoms with Gasteiger partial charge in [0.1, 0.15) is 12.7 Å². The monoisotopic (exact) mass is 444 g/mol. The number of esters is 3. The Labute approximate surface area is 191 Å². The lowest BCUT2D eigenvalue weighted by molar-refractivity contribution is -0.169. The van der Waals surface area contributed by atoms with Gasteiger partial charge in [0.25, 0.3) is 0 Å². The quantitative estimate of drug-likeness (QED) is 0.406. The number of benzene rings is 1. The van der Waals surface area contributed by atoms with Gasteiger partial charge in [0.2, 0.25) is 0 Å². The summed E-state index contributed by atoms with van der Waals surface area (Å²) in [6, 6.07) is 9.43. The number of rotatable bonds is 9. The van der Waals surface area contributed by atoms with Crippen molar-refractivity contribution >= 4 is 17.9 Å². The zero-order valence-electron chi connectivity index (χ0n) is 19.9. The molecule has 6 heteroatoms. The van der Waals surface area contributed by atoms with Crippen LogP contribution in [0.2, 0.25) is 0 Å². The maximum atomic E-state index is 12.3. The number of fused-ring (bicyclic) bond motifs is 2. The molecule has 0 saturated heterocycles. The smallest absolute Gasteiger partial charge is 0.344 e. The van der Waals surface area contributed by atoms with Gasteiger partial charge in [-0.15, -0.1) is 0 Å². The van der Waals surface area contributed by atoms with Gasteiger partial charge in [-0.05, 0) is 42.6 Å². The van der Waals surface area contributed by atoms with Crippen LogP contribution in [-0.2, 0) is 35.2 Å². The fraction of sp³-hybridized carbons (Fsp3) is 0.654. The lowest BCUT2D eigenvalue weighted by Crippen LogP contribution is -2.39. The summed E-state index contributed by atoms with van der Waals surface area (Å²) < 4.78 is 16.2. The van der Waals surface area contributed by atoms with E-state index in [0.717, 1.165) is 18.4 Å². The molecule has 2 fully saturated rings. The van der Waals surface area contributed by atoms with Gasteiger partial charge in [-0.3, -0.25) is 9.59 Å². The number of hydrogen-bond acceptors (Lipinski definition) is 6. The Morgan fingerprint density at radius 1 is 1.00 bits per heavy atom. The van der Waals surface area contributed by atoms with Crippen molar-refractivity contribution in [2.45, 2.75) is 73.0 Å². The number of carbonyl (C=O) groups is 3. The molecular formula is C26H36O6. The Hall–Kier alpha value is -2.37. The minimum atomic E-state index is -0.527. The van der Waals surface area contributed by atoms with E-state index in [2.05, 4.69) is 20.8 Å². The minimum Gasteiger partial charge on any atom is -0.461 e. The Morgan fingerprint density at radius 3 is 2.19 bits per heavy atom. The molecule has 2 aliphatic carbocycles. The van der Waals surface area contributed by atoms with Crippen LogP contribution in [-0.4, -0.2) is 30.6 Å². The first-order chi connectivity index (χ1) is 15.0. The molecule has 32 heavy (non-hydrogen) atoms. The molecule has 3 rings (SSSR count). The van der Waals surface area contributed by atoms with Crippen LogP contribution in [0.5, 0.6) is 0 Å². The van der Waals surface area contributed by atoms with E-state index in [-0.39, 0.29) is 35.9 Å². The van der Waals surface area contributed by atoms with Gasteiger partial charge in [-0.1, -0.05) is 65.0 Å². The van der Waals surface area contributed by atoms with E-state index in [4.69, 9.17) is 14.2 Å². The van der Waals surface area contributed by atoms with Gasteiger partial charge < -0.3 is 14.2 Å². The standard InChI is InChI=1S/C26H36O6/c1-17(23(28)30-15-19-9-7-6-8-10-19)13-18(2)24(29)31-16-22(27)32-21-14-20-11-12-26(21,5)25(20,3)4/h6-10,17-18,20-21H,11-16H2,1-5H3/t17-,18-,20?,21?,26?/m1/s1. The molecule has 3 unspecified atom stereocenters. The van der Waals surface area contributed by atoms with Crippen LogP contribution < -0.4 is 0 Å². The number of hydrogen-bond donors (Lipinski definition) is 0. The SMILES string of the molecule is C[C@H](C[C@@H](C)C(=O)OCc1ccccc1)C(=O)OCC(=O)OC1CC2CCC1(C)C2(C)C. The third kappa shape index (κ3) is 5.00. The molecule has 0 amide bonds. The topological polar surface area (TPSA) is 78.9 Å². The van der Waals surface area contributed by atoms with E-state index in [1.54, 1.807) is 13.8 Å². The summed E-state index contributed by atoms with van der Waals surface area (Å²) in [4.78, 5) is 36.9. The van der Waals surface area contributed by atoms with Crippen LogP contribution >= 0.6 is 0 Å². The molecule has 2 bridgehead atoms. The summed E-state index contributed by atoms with van der Waals surface area (Å²) in [6.07, 6.45) is 3.27. The van der Waals surface area contributed by atoms with Crippen molar-refractivity contribution in [1.29, 1.82) is 0 Å². The molecule has 1 aromatic rings. The van der Waals surface area contributed by atoms with Gasteiger partial charge in [-0.25, -0.2) is 4.79 Å². The zero-order chi connectivity index (χ0) is 23.5. The van der Waals surface area contributed by atoms with Crippen LogP contribution in [0, 0.1) is 28.6 Å². The molecule has 2 aliphatic rings. The highest BCUT2D eigenvalue weighted by molar-refractivity contribution is 5.78. The largest absolute Gasteiger partial charge is 0.461 e. The highest BCUT2D eigenvalue weighted by Crippen LogP contribution is 2.66. The predicted molar refractivity (Wildman–Crippen MR) is 119 cm³/mol. The summed E-state index contributed by atoms with van der Waals surface area (Å²) in [5.74, 6) is -1.79. The molecule has 0 aromatic heterocycles. The highest BCUT2D eigenvalue weighted by atomic mass is 16.6. The van der Waals surface area contributed by atoms with Crippen molar-refractivity contribution < 1.29 is 28.6 Å².